The van der Waals surface area contributed by atoms with Gasteiger partial charge in [0.1, 0.15) is 30.5 Å². The van der Waals surface area contributed by atoms with E-state index >= 15 is 0 Å². The van der Waals surface area contributed by atoms with Gasteiger partial charge in [0.25, 0.3) is 0 Å². The summed E-state index contributed by atoms with van der Waals surface area (Å²) in [5.41, 5.74) is 3.53. The van der Waals surface area contributed by atoms with Gasteiger partial charge in [0, 0.05) is 36.8 Å². The molecule has 2 aromatic rings. The maximum Gasteiger partial charge on any atom is 0.332 e. The zero-order chi connectivity index (χ0) is 23.4. The van der Waals surface area contributed by atoms with E-state index in [-0.39, 0.29) is 18.5 Å². The molecule has 0 unspecified atom stereocenters. The van der Waals surface area contributed by atoms with Crippen LogP contribution in [0.4, 0.5) is 0 Å². The van der Waals surface area contributed by atoms with E-state index < -0.39 is 5.97 Å². The molecule has 4 rings (SSSR count). The van der Waals surface area contributed by atoms with Gasteiger partial charge in [0.2, 0.25) is 0 Å². The Bertz CT molecular complexity index is 1100. The van der Waals surface area contributed by atoms with Crippen molar-refractivity contribution in [3.8, 4) is 17.2 Å². The number of hydrogen-bond acceptors (Lipinski definition) is 5. The molecule has 6 nitrogen and oxygen atoms in total. The number of carbonyl (C=O) groups is 1. The largest absolute Gasteiger partial charge is 0.489 e. The van der Waals surface area contributed by atoms with Gasteiger partial charge in [-0.2, -0.15) is 0 Å². The molecule has 1 N–H and O–H groups in total. The Kier molecular flexibility index (Phi) is 8.89. The summed E-state index contributed by atoms with van der Waals surface area (Å²) in [5, 5.41) is 9.80. The number of hydrogen-bond donors (Lipinski definition) is 1. The lowest BCUT2D eigenvalue weighted by molar-refractivity contribution is -0.133. The topological polar surface area (TPSA) is 68.2 Å². The lowest BCUT2D eigenvalue weighted by Gasteiger charge is -2.28. The van der Waals surface area contributed by atoms with Gasteiger partial charge >= 0.3 is 5.97 Å². The van der Waals surface area contributed by atoms with Gasteiger partial charge in [-0.1, -0.05) is 23.7 Å². The van der Waals surface area contributed by atoms with Crippen molar-refractivity contribution in [1.29, 1.82) is 0 Å². The molecular weight excluding hydrogens is 477 g/mol. The van der Waals surface area contributed by atoms with Gasteiger partial charge in [-0.05, 0) is 61.7 Å². The average Bonchev–Trinajstić information content (AvgIpc) is 2.79. The molecule has 34 heavy (non-hydrogen) atoms. The molecule has 2 aliphatic heterocycles. The van der Waals surface area contributed by atoms with Crippen LogP contribution in [0, 0.1) is 0 Å². The Morgan fingerprint density at radius 2 is 2.06 bits per heavy atom. The summed E-state index contributed by atoms with van der Waals surface area (Å²) in [6, 6.07) is 11.5. The third-order valence-electron chi connectivity index (χ3n) is 5.45. The molecule has 0 saturated heterocycles. The van der Waals surface area contributed by atoms with Crippen molar-refractivity contribution in [2.45, 2.75) is 33.0 Å². The van der Waals surface area contributed by atoms with Gasteiger partial charge in [-0.3, -0.25) is 4.90 Å². The molecule has 2 aromatic carbocycles. The zero-order valence-corrected chi connectivity index (χ0v) is 20.8. The van der Waals surface area contributed by atoms with Crippen molar-refractivity contribution >= 4 is 36.1 Å². The summed E-state index contributed by atoms with van der Waals surface area (Å²) in [6.07, 6.45) is 4.75. The van der Waals surface area contributed by atoms with Crippen LogP contribution < -0.4 is 14.2 Å². The fraction of sp³-hybridized carbons (Fsp3) is 0.346. The number of rotatable bonds is 8. The fourth-order valence-electron chi connectivity index (χ4n) is 3.91. The molecule has 8 heteroatoms. The van der Waals surface area contributed by atoms with E-state index in [0.29, 0.717) is 42.6 Å². The highest BCUT2D eigenvalue weighted by molar-refractivity contribution is 6.32. The number of benzene rings is 2. The van der Waals surface area contributed by atoms with Crippen LogP contribution >= 0.6 is 24.0 Å². The van der Waals surface area contributed by atoms with Crippen LogP contribution in [0.25, 0.3) is 6.08 Å². The number of halogens is 2. The van der Waals surface area contributed by atoms with Crippen molar-refractivity contribution in [2.24, 2.45) is 0 Å². The van der Waals surface area contributed by atoms with Crippen molar-refractivity contribution in [3.63, 3.8) is 0 Å². The zero-order valence-electron chi connectivity index (χ0n) is 19.3. The predicted octanol–water partition coefficient (Wildman–Crippen LogP) is 5.62. The SMILES string of the molecule is CC(C)Oc1ccc(COc2ccc3c(c2)OCC(CN2CCC=C(C(=O)O)C2)=C3)cc1Cl.Cl. The highest BCUT2D eigenvalue weighted by Crippen LogP contribution is 2.32. The highest BCUT2D eigenvalue weighted by atomic mass is 35.5. The Labute approximate surface area is 211 Å². The first-order valence-electron chi connectivity index (χ1n) is 11.1. The minimum atomic E-state index is -0.839. The van der Waals surface area contributed by atoms with Crippen LogP contribution in [0.15, 0.2) is 53.6 Å². The number of carboxylic acids is 1. The van der Waals surface area contributed by atoms with Crippen molar-refractivity contribution < 1.29 is 24.1 Å². The number of aliphatic carboxylic acids is 1. The van der Waals surface area contributed by atoms with Crippen molar-refractivity contribution in [3.05, 3.63) is 69.8 Å². The molecule has 0 radical (unpaired) electrons. The number of nitrogens with zero attached hydrogens (tertiary/aromatic N) is 1. The summed E-state index contributed by atoms with van der Waals surface area (Å²) >= 11 is 6.31. The van der Waals surface area contributed by atoms with Crippen LogP contribution in [0.1, 0.15) is 31.4 Å². The van der Waals surface area contributed by atoms with Crippen molar-refractivity contribution in [2.75, 3.05) is 26.2 Å². The Morgan fingerprint density at radius 3 is 2.79 bits per heavy atom. The van der Waals surface area contributed by atoms with Gasteiger partial charge in [-0.25, -0.2) is 4.79 Å². The number of fused-ring (bicyclic) bond motifs is 1. The van der Waals surface area contributed by atoms with Gasteiger partial charge in [-0.15, -0.1) is 12.4 Å². The van der Waals surface area contributed by atoms with Gasteiger partial charge in [0.15, 0.2) is 0 Å². The normalized spacial score (nSPS) is 15.4. The van der Waals surface area contributed by atoms with E-state index in [4.69, 9.17) is 25.8 Å². The van der Waals surface area contributed by atoms with Crippen LogP contribution in [-0.2, 0) is 11.4 Å². The van der Waals surface area contributed by atoms with E-state index in [2.05, 4.69) is 11.0 Å². The van der Waals surface area contributed by atoms with E-state index in [9.17, 15) is 9.90 Å². The Morgan fingerprint density at radius 1 is 1.24 bits per heavy atom. The van der Waals surface area contributed by atoms with Crippen LogP contribution in [0.3, 0.4) is 0 Å². The van der Waals surface area contributed by atoms with Gasteiger partial charge < -0.3 is 19.3 Å². The van der Waals surface area contributed by atoms with Crippen molar-refractivity contribution in [1.82, 2.24) is 4.90 Å². The van der Waals surface area contributed by atoms with Crippen LogP contribution in [0.5, 0.6) is 17.2 Å². The summed E-state index contributed by atoms with van der Waals surface area (Å²) in [5.74, 6) is 1.32. The number of carboxylic acid groups (broad SMARTS) is 1. The summed E-state index contributed by atoms with van der Waals surface area (Å²) in [4.78, 5) is 13.4. The minimum absolute atomic E-state index is 0. The first-order valence-corrected chi connectivity index (χ1v) is 11.4. The molecule has 0 saturated carbocycles. The maximum atomic E-state index is 11.2. The van der Waals surface area contributed by atoms with Gasteiger partial charge in [0.05, 0.1) is 11.1 Å². The molecule has 0 aromatic heterocycles. The fourth-order valence-corrected chi connectivity index (χ4v) is 4.15. The second kappa shape index (κ2) is 11.6. The first kappa shape index (κ1) is 25.9. The summed E-state index contributed by atoms with van der Waals surface area (Å²) in [7, 11) is 0. The maximum absolute atomic E-state index is 11.2. The Balaban J connectivity index is 0.00000324. The third kappa shape index (κ3) is 6.69. The first-order chi connectivity index (χ1) is 15.9. The van der Waals surface area contributed by atoms with E-state index in [1.165, 1.54) is 0 Å². The molecule has 0 bridgehead atoms. The molecule has 0 aliphatic carbocycles. The average molecular weight is 506 g/mol. The molecular formula is C26H29Cl2NO5. The number of ether oxygens (including phenoxy) is 3. The molecule has 2 heterocycles. The molecule has 0 spiro atoms. The Hall–Kier alpha value is -2.67. The third-order valence-corrected chi connectivity index (χ3v) is 5.75. The second-order valence-electron chi connectivity index (χ2n) is 8.54. The predicted molar refractivity (Wildman–Crippen MR) is 135 cm³/mol. The second-order valence-corrected chi connectivity index (χ2v) is 8.95. The van der Waals surface area contributed by atoms with E-state index in [0.717, 1.165) is 41.2 Å². The quantitative estimate of drug-likeness (QED) is 0.501. The smallest absolute Gasteiger partial charge is 0.332 e. The molecule has 182 valence electrons. The summed E-state index contributed by atoms with van der Waals surface area (Å²) < 4.78 is 17.6. The lowest BCUT2D eigenvalue weighted by Crippen LogP contribution is -2.34. The standard InChI is InChI=1S/C26H28ClNO5.ClH/c1-17(2)33-24-8-5-18(11-23(24)27)15-31-22-7-6-20-10-19(16-32-25(20)12-22)13-28-9-3-4-21(14-28)26(29)30;/h4-8,10-12,17H,3,9,13-16H2,1-2H3,(H,29,30);1H. The minimum Gasteiger partial charge on any atom is -0.489 e. The van der Waals surface area contributed by atoms with E-state index in [1.807, 2.05) is 56.3 Å². The summed E-state index contributed by atoms with van der Waals surface area (Å²) in [6.45, 7) is 6.79. The molecule has 0 atom stereocenters. The van der Waals surface area contributed by atoms with E-state index in [1.54, 1.807) is 0 Å². The molecule has 2 aliphatic rings. The lowest BCUT2D eigenvalue weighted by atomic mass is 10.0. The monoisotopic (exact) mass is 505 g/mol. The van der Waals surface area contributed by atoms with Crippen LogP contribution in [0.2, 0.25) is 5.02 Å². The molecule has 0 amide bonds. The highest BCUT2D eigenvalue weighted by Gasteiger charge is 2.20. The van der Waals surface area contributed by atoms with Crippen LogP contribution in [-0.4, -0.2) is 48.3 Å². The molecule has 0 fully saturated rings.